The van der Waals surface area contributed by atoms with Crippen LogP contribution in [0.2, 0.25) is 0 Å². The molecule has 0 aliphatic rings. The molecule has 1 aromatic heterocycles. The van der Waals surface area contributed by atoms with Gasteiger partial charge in [0.25, 0.3) is 0 Å². The molecular formula is C13H17N3O4S. The van der Waals surface area contributed by atoms with Crippen molar-refractivity contribution in [2.75, 3.05) is 6.54 Å². The summed E-state index contributed by atoms with van der Waals surface area (Å²) in [6.45, 7) is 3.52. The molecule has 0 saturated carbocycles. The van der Waals surface area contributed by atoms with E-state index in [9.17, 15) is 13.5 Å². The first-order valence-electron chi connectivity index (χ1n) is 6.40. The molecule has 0 aliphatic carbocycles. The third-order valence-corrected chi connectivity index (χ3v) is 4.79. The van der Waals surface area contributed by atoms with Crippen molar-refractivity contribution in [1.82, 2.24) is 14.9 Å². The predicted molar refractivity (Wildman–Crippen MR) is 75.0 cm³/mol. The Labute approximate surface area is 123 Å². The lowest BCUT2D eigenvalue weighted by molar-refractivity contribution is 0.281. The molecule has 114 valence electrons. The molecule has 2 N–H and O–H groups in total. The Morgan fingerprint density at radius 2 is 2.10 bits per heavy atom. The first-order valence-corrected chi connectivity index (χ1v) is 7.88. The molecule has 0 bridgehead atoms. The number of rotatable bonds is 6. The molecule has 0 spiro atoms. The third-order valence-electron chi connectivity index (χ3n) is 3.20. The number of aliphatic hydroxyl groups is 1. The average molecular weight is 311 g/mol. The molecule has 0 saturated heterocycles. The zero-order valence-electron chi connectivity index (χ0n) is 11.8. The summed E-state index contributed by atoms with van der Waals surface area (Å²) in [6.07, 6.45) is 1.54. The number of hydrogen-bond donors (Lipinski definition) is 2. The number of sulfonamides is 1. The van der Waals surface area contributed by atoms with Crippen molar-refractivity contribution in [1.29, 1.82) is 0 Å². The molecule has 2 aromatic rings. The second-order valence-electron chi connectivity index (χ2n) is 4.69. The molecule has 7 nitrogen and oxygen atoms in total. The van der Waals surface area contributed by atoms with E-state index in [-0.39, 0.29) is 18.0 Å². The standard InChI is InChI=1S/C13H17N3O4S/c1-9-5-11(7-17)6-12(10(9)2)21(18,19)15-4-3-13-14-8-20-16-13/h5-6,8,15,17H,3-4,7H2,1-2H3. The minimum atomic E-state index is -3.65. The third kappa shape index (κ3) is 3.66. The van der Waals surface area contributed by atoms with Gasteiger partial charge in [-0.25, -0.2) is 13.1 Å². The molecule has 0 atom stereocenters. The van der Waals surface area contributed by atoms with E-state index in [0.717, 1.165) is 5.56 Å². The lowest BCUT2D eigenvalue weighted by Gasteiger charge is -2.12. The number of aliphatic hydroxyl groups excluding tert-OH is 1. The highest BCUT2D eigenvalue weighted by molar-refractivity contribution is 7.89. The van der Waals surface area contributed by atoms with Gasteiger partial charge in [-0.1, -0.05) is 11.2 Å². The molecular weight excluding hydrogens is 294 g/mol. The summed E-state index contributed by atoms with van der Waals surface area (Å²) in [5.41, 5.74) is 2.05. The summed E-state index contributed by atoms with van der Waals surface area (Å²) in [5.74, 6) is 0.440. The molecule has 1 heterocycles. The maximum Gasteiger partial charge on any atom is 0.240 e. The minimum Gasteiger partial charge on any atom is -0.392 e. The van der Waals surface area contributed by atoms with Gasteiger partial charge in [0, 0.05) is 13.0 Å². The Morgan fingerprint density at radius 1 is 1.33 bits per heavy atom. The van der Waals surface area contributed by atoms with Crippen LogP contribution in [0.25, 0.3) is 0 Å². The van der Waals surface area contributed by atoms with Crippen LogP contribution in [-0.4, -0.2) is 30.2 Å². The van der Waals surface area contributed by atoms with Gasteiger partial charge in [0.2, 0.25) is 16.4 Å². The van der Waals surface area contributed by atoms with Crippen LogP contribution in [0.5, 0.6) is 0 Å². The van der Waals surface area contributed by atoms with Gasteiger partial charge < -0.3 is 9.63 Å². The molecule has 0 radical (unpaired) electrons. The van der Waals surface area contributed by atoms with Gasteiger partial charge in [0.15, 0.2) is 5.82 Å². The van der Waals surface area contributed by atoms with Crippen molar-refractivity contribution in [3.05, 3.63) is 41.0 Å². The van der Waals surface area contributed by atoms with Gasteiger partial charge in [-0.05, 0) is 36.6 Å². The fourth-order valence-electron chi connectivity index (χ4n) is 1.95. The first-order chi connectivity index (χ1) is 9.94. The summed E-state index contributed by atoms with van der Waals surface area (Å²) in [4.78, 5) is 4.00. The Balaban J connectivity index is 2.17. The summed E-state index contributed by atoms with van der Waals surface area (Å²) in [7, 11) is -3.65. The minimum absolute atomic E-state index is 0.170. The summed E-state index contributed by atoms with van der Waals surface area (Å²) < 4.78 is 31.8. The van der Waals surface area contributed by atoms with E-state index in [4.69, 9.17) is 0 Å². The van der Waals surface area contributed by atoms with Gasteiger partial charge in [-0.2, -0.15) is 4.98 Å². The van der Waals surface area contributed by atoms with Crippen LogP contribution in [-0.2, 0) is 23.1 Å². The van der Waals surface area contributed by atoms with Crippen LogP contribution in [0.3, 0.4) is 0 Å². The zero-order valence-corrected chi connectivity index (χ0v) is 12.6. The highest BCUT2D eigenvalue weighted by atomic mass is 32.2. The van der Waals surface area contributed by atoms with Crippen molar-refractivity contribution in [2.45, 2.75) is 31.8 Å². The Hall–Kier alpha value is -1.77. The topological polar surface area (TPSA) is 105 Å². The number of aromatic nitrogens is 2. The highest BCUT2D eigenvalue weighted by Crippen LogP contribution is 2.21. The molecule has 0 amide bonds. The van der Waals surface area contributed by atoms with Crippen molar-refractivity contribution in [3.8, 4) is 0 Å². The van der Waals surface area contributed by atoms with Gasteiger partial charge in [-0.3, -0.25) is 0 Å². The fourth-order valence-corrected chi connectivity index (χ4v) is 3.34. The molecule has 21 heavy (non-hydrogen) atoms. The van der Waals surface area contributed by atoms with E-state index in [1.165, 1.54) is 12.5 Å². The summed E-state index contributed by atoms with van der Waals surface area (Å²) >= 11 is 0. The van der Waals surface area contributed by atoms with Gasteiger partial charge >= 0.3 is 0 Å². The lowest BCUT2D eigenvalue weighted by Crippen LogP contribution is -2.27. The normalized spacial score (nSPS) is 11.8. The SMILES string of the molecule is Cc1cc(CO)cc(S(=O)(=O)NCCc2ncon2)c1C. The van der Waals surface area contributed by atoms with E-state index in [2.05, 4.69) is 19.4 Å². The molecule has 1 aromatic carbocycles. The van der Waals surface area contributed by atoms with Crippen LogP contribution in [0, 0.1) is 13.8 Å². The first kappa shape index (κ1) is 15.6. The fraction of sp³-hybridized carbons (Fsp3) is 0.385. The average Bonchev–Trinajstić information content (AvgIpc) is 2.94. The molecule has 0 aliphatic heterocycles. The smallest absolute Gasteiger partial charge is 0.240 e. The van der Waals surface area contributed by atoms with Crippen molar-refractivity contribution < 1.29 is 18.0 Å². The van der Waals surface area contributed by atoms with Crippen molar-refractivity contribution in [3.63, 3.8) is 0 Å². The number of hydrogen-bond acceptors (Lipinski definition) is 6. The Morgan fingerprint density at radius 3 is 2.71 bits per heavy atom. The molecule has 2 rings (SSSR count). The number of benzene rings is 1. The second-order valence-corrected chi connectivity index (χ2v) is 6.42. The molecule has 8 heteroatoms. The summed E-state index contributed by atoms with van der Waals surface area (Å²) in [5, 5.41) is 12.8. The van der Waals surface area contributed by atoms with E-state index in [1.54, 1.807) is 13.0 Å². The van der Waals surface area contributed by atoms with E-state index >= 15 is 0 Å². The van der Waals surface area contributed by atoms with Crippen molar-refractivity contribution >= 4 is 10.0 Å². The Kier molecular flexibility index (Phi) is 4.71. The predicted octanol–water partition coefficient (Wildman–Crippen LogP) is 0.700. The van der Waals surface area contributed by atoms with E-state index < -0.39 is 10.0 Å². The van der Waals surface area contributed by atoms with Gasteiger partial charge in [0.05, 0.1) is 11.5 Å². The summed E-state index contributed by atoms with van der Waals surface area (Å²) in [6, 6.07) is 3.26. The second kappa shape index (κ2) is 6.33. The maximum absolute atomic E-state index is 12.3. The van der Waals surface area contributed by atoms with Crippen LogP contribution in [0.1, 0.15) is 22.5 Å². The molecule has 0 unspecified atom stereocenters. The number of aryl methyl sites for hydroxylation is 1. The highest BCUT2D eigenvalue weighted by Gasteiger charge is 2.18. The lowest BCUT2D eigenvalue weighted by atomic mass is 10.1. The largest absolute Gasteiger partial charge is 0.392 e. The van der Waals surface area contributed by atoms with Crippen LogP contribution in [0.4, 0.5) is 0 Å². The van der Waals surface area contributed by atoms with Crippen LogP contribution < -0.4 is 4.72 Å². The van der Waals surface area contributed by atoms with Crippen molar-refractivity contribution in [2.24, 2.45) is 0 Å². The van der Waals surface area contributed by atoms with E-state index in [0.29, 0.717) is 23.4 Å². The van der Waals surface area contributed by atoms with Gasteiger partial charge in [0.1, 0.15) is 0 Å². The zero-order chi connectivity index (χ0) is 15.5. The van der Waals surface area contributed by atoms with Gasteiger partial charge in [-0.15, -0.1) is 0 Å². The van der Waals surface area contributed by atoms with Crippen LogP contribution in [0.15, 0.2) is 27.9 Å². The number of nitrogens with one attached hydrogen (secondary N) is 1. The van der Waals surface area contributed by atoms with E-state index in [1.807, 2.05) is 6.92 Å². The Bertz CT molecular complexity index is 711. The maximum atomic E-state index is 12.3. The number of nitrogens with zero attached hydrogens (tertiary/aromatic N) is 2. The van der Waals surface area contributed by atoms with Crippen LogP contribution >= 0.6 is 0 Å². The monoisotopic (exact) mass is 311 g/mol. The quantitative estimate of drug-likeness (QED) is 0.813. The molecule has 0 fully saturated rings.